The van der Waals surface area contributed by atoms with Crippen LogP contribution in [0.5, 0.6) is 0 Å². The fourth-order valence-corrected chi connectivity index (χ4v) is 4.08. The molecule has 5 heteroatoms. The molecule has 1 aromatic carbocycles. The molecule has 2 atom stereocenters. The first-order valence-electron chi connectivity index (χ1n) is 8.67. The first kappa shape index (κ1) is 15.6. The van der Waals surface area contributed by atoms with Gasteiger partial charge in [-0.3, -0.25) is 4.79 Å². The van der Waals surface area contributed by atoms with Crippen molar-refractivity contribution in [2.45, 2.75) is 25.8 Å². The topological polar surface area (TPSA) is 32.8 Å². The van der Waals surface area contributed by atoms with Crippen LogP contribution in [0.3, 0.4) is 0 Å². The zero-order valence-electron chi connectivity index (χ0n) is 14.0. The Morgan fingerprint density at radius 3 is 2.88 bits per heavy atom. The van der Waals surface area contributed by atoms with Crippen molar-refractivity contribution >= 4 is 11.6 Å². The Kier molecular flexibility index (Phi) is 3.83. The summed E-state index contributed by atoms with van der Waals surface area (Å²) in [5.41, 5.74) is 1.96. The van der Waals surface area contributed by atoms with Crippen LogP contribution in [0.25, 0.3) is 0 Å². The largest absolute Gasteiger partial charge is 0.381 e. The number of halogens is 1. The van der Waals surface area contributed by atoms with Crippen LogP contribution >= 0.6 is 0 Å². The number of amides is 1. The number of nitrogens with zero attached hydrogens (tertiary/aromatic N) is 2. The molecular weight excluding hydrogens is 307 g/mol. The summed E-state index contributed by atoms with van der Waals surface area (Å²) >= 11 is 0. The molecule has 0 bridgehead atoms. The van der Waals surface area contributed by atoms with Crippen LogP contribution < -0.4 is 4.90 Å². The normalized spacial score (nSPS) is 29.6. The molecule has 4 nitrogen and oxygen atoms in total. The van der Waals surface area contributed by atoms with Crippen LogP contribution in [0.2, 0.25) is 0 Å². The number of carbonyl (C=O) groups is 1. The molecule has 1 spiro atoms. The molecule has 0 aromatic heterocycles. The summed E-state index contributed by atoms with van der Waals surface area (Å²) in [5.74, 6) is -0.0544. The van der Waals surface area contributed by atoms with Gasteiger partial charge in [0.15, 0.2) is 0 Å². The molecule has 128 valence electrons. The molecule has 24 heavy (non-hydrogen) atoms. The predicted octanol–water partition coefficient (Wildman–Crippen LogP) is 2.60. The van der Waals surface area contributed by atoms with Gasteiger partial charge in [0.1, 0.15) is 5.82 Å². The third kappa shape index (κ3) is 2.71. The van der Waals surface area contributed by atoms with Gasteiger partial charge in [-0.25, -0.2) is 4.39 Å². The maximum Gasteiger partial charge on any atom is 0.249 e. The average Bonchev–Trinajstić information content (AvgIpc) is 3.03. The van der Waals surface area contributed by atoms with Crippen LogP contribution in [-0.4, -0.2) is 49.7 Å². The van der Waals surface area contributed by atoms with Gasteiger partial charge in [0.2, 0.25) is 5.91 Å². The van der Waals surface area contributed by atoms with E-state index in [9.17, 15) is 9.18 Å². The lowest BCUT2D eigenvalue weighted by atomic mass is 9.70. The van der Waals surface area contributed by atoms with Crippen molar-refractivity contribution in [3.63, 3.8) is 0 Å². The lowest BCUT2D eigenvalue weighted by Crippen LogP contribution is -2.55. The summed E-state index contributed by atoms with van der Waals surface area (Å²) in [7, 11) is 0. The van der Waals surface area contributed by atoms with E-state index in [1.165, 1.54) is 6.07 Å². The SMILES string of the molecule is CC1CN(c2cccc(F)c2)CCN1C(=O)C1=CC2(CCOC2)C1. The van der Waals surface area contributed by atoms with Crippen LogP contribution in [0.15, 0.2) is 35.9 Å². The highest BCUT2D eigenvalue weighted by molar-refractivity contribution is 5.95. The van der Waals surface area contributed by atoms with Crippen molar-refractivity contribution in [2.24, 2.45) is 5.41 Å². The van der Waals surface area contributed by atoms with Gasteiger partial charge in [0, 0.05) is 49.0 Å². The van der Waals surface area contributed by atoms with E-state index in [0.29, 0.717) is 6.54 Å². The van der Waals surface area contributed by atoms with E-state index in [0.717, 1.165) is 50.4 Å². The van der Waals surface area contributed by atoms with E-state index in [1.807, 2.05) is 11.0 Å². The van der Waals surface area contributed by atoms with Crippen LogP contribution in [0, 0.1) is 11.2 Å². The second-order valence-electron chi connectivity index (χ2n) is 7.28. The monoisotopic (exact) mass is 330 g/mol. The van der Waals surface area contributed by atoms with Crippen molar-refractivity contribution in [3.8, 4) is 0 Å². The van der Waals surface area contributed by atoms with Crippen molar-refractivity contribution in [1.29, 1.82) is 0 Å². The standard InChI is InChI=1S/C19H23FN2O2/c1-14-12-21(17-4-2-3-16(20)9-17)6-7-22(14)18(23)15-10-19(11-15)5-8-24-13-19/h2-4,9-10,14H,5-8,11-13H2,1H3. The Balaban J connectivity index is 1.41. The van der Waals surface area contributed by atoms with Gasteiger partial charge < -0.3 is 14.5 Å². The van der Waals surface area contributed by atoms with Gasteiger partial charge in [-0.05, 0) is 38.0 Å². The van der Waals surface area contributed by atoms with E-state index in [2.05, 4.69) is 17.9 Å². The lowest BCUT2D eigenvalue weighted by molar-refractivity contribution is -0.130. The van der Waals surface area contributed by atoms with E-state index in [4.69, 9.17) is 4.74 Å². The molecule has 2 aliphatic heterocycles. The van der Waals surface area contributed by atoms with Gasteiger partial charge in [-0.15, -0.1) is 0 Å². The zero-order chi connectivity index (χ0) is 16.7. The quantitative estimate of drug-likeness (QED) is 0.836. The minimum Gasteiger partial charge on any atom is -0.381 e. The molecule has 0 radical (unpaired) electrons. The van der Waals surface area contributed by atoms with E-state index in [1.54, 1.807) is 12.1 Å². The second-order valence-corrected chi connectivity index (χ2v) is 7.28. The first-order chi connectivity index (χ1) is 11.6. The number of rotatable bonds is 2. The minimum absolute atomic E-state index is 0.117. The zero-order valence-corrected chi connectivity index (χ0v) is 14.0. The Labute approximate surface area is 141 Å². The van der Waals surface area contributed by atoms with Gasteiger partial charge in [-0.1, -0.05) is 12.1 Å². The third-order valence-electron chi connectivity index (χ3n) is 5.49. The van der Waals surface area contributed by atoms with Gasteiger partial charge in [-0.2, -0.15) is 0 Å². The minimum atomic E-state index is -0.220. The van der Waals surface area contributed by atoms with Crippen LogP contribution in [0.4, 0.5) is 10.1 Å². The summed E-state index contributed by atoms with van der Waals surface area (Å²) in [4.78, 5) is 16.9. The highest BCUT2D eigenvalue weighted by Crippen LogP contribution is 2.46. The molecule has 1 amide bonds. The molecule has 1 aliphatic carbocycles. The smallest absolute Gasteiger partial charge is 0.249 e. The molecule has 0 saturated carbocycles. The molecular formula is C19H23FN2O2. The number of hydrogen-bond donors (Lipinski definition) is 0. The second kappa shape index (κ2) is 5.88. The Hall–Kier alpha value is -1.88. The summed E-state index contributed by atoms with van der Waals surface area (Å²) in [5, 5.41) is 0. The Bertz CT molecular complexity index is 682. The molecule has 4 rings (SSSR count). The average molecular weight is 330 g/mol. The highest BCUT2D eigenvalue weighted by Gasteiger charge is 2.44. The molecule has 1 aromatic rings. The van der Waals surface area contributed by atoms with Crippen LogP contribution in [0.1, 0.15) is 19.8 Å². The molecule has 2 heterocycles. The van der Waals surface area contributed by atoms with Gasteiger partial charge in [0.25, 0.3) is 0 Å². The fraction of sp³-hybridized carbons (Fsp3) is 0.526. The van der Waals surface area contributed by atoms with Crippen molar-refractivity contribution in [3.05, 3.63) is 41.7 Å². The first-order valence-corrected chi connectivity index (χ1v) is 8.67. The third-order valence-corrected chi connectivity index (χ3v) is 5.49. The number of benzene rings is 1. The molecule has 0 N–H and O–H groups in total. The van der Waals surface area contributed by atoms with E-state index < -0.39 is 0 Å². The Morgan fingerprint density at radius 2 is 2.21 bits per heavy atom. The summed E-state index contributed by atoms with van der Waals surface area (Å²) < 4.78 is 18.9. The number of carbonyl (C=O) groups excluding carboxylic acids is 1. The van der Waals surface area contributed by atoms with Gasteiger partial charge in [0.05, 0.1) is 6.61 Å². The lowest BCUT2D eigenvalue weighted by Gasteiger charge is -2.43. The van der Waals surface area contributed by atoms with Gasteiger partial charge >= 0.3 is 0 Å². The molecule has 3 aliphatic rings. The Morgan fingerprint density at radius 1 is 1.38 bits per heavy atom. The highest BCUT2D eigenvalue weighted by atomic mass is 19.1. The number of ether oxygens (including phenoxy) is 1. The fourth-order valence-electron chi connectivity index (χ4n) is 4.08. The maximum atomic E-state index is 13.4. The number of hydrogen-bond acceptors (Lipinski definition) is 3. The maximum absolute atomic E-state index is 13.4. The molecule has 2 unspecified atom stereocenters. The summed E-state index contributed by atoms with van der Waals surface area (Å²) in [6.07, 6.45) is 4.02. The molecule has 2 saturated heterocycles. The summed E-state index contributed by atoms with van der Waals surface area (Å²) in [6, 6.07) is 6.79. The van der Waals surface area contributed by atoms with Crippen molar-refractivity contribution in [2.75, 3.05) is 37.7 Å². The summed E-state index contributed by atoms with van der Waals surface area (Å²) in [6.45, 7) is 5.78. The predicted molar refractivity (Wildman–Crippen MR) is 90.4 cm³/mol. The van der Waals surface area contributed by atoms with E-state index in [-0.39, 0.29) is 23.2 Å². The number of piperazine rings is 1. The van der Waals surface area contributed by atoms with Crippen molar-refractivity contribution in [1.82, 2.24) is 4.90 Å². The van der Waals surface area contributed by atoms with Crippen molar-refractivity contribution < 1.29 is 13.9 Å². The molecule has 2 fully saturated rings. The van der Waals surface area contributed by atoms with Crippen LogP contribution in [-0.2, 0) is 9.53 Å². The van der Waals surface area contributed by atoms with E-state index >= 15 is 0 Å². The number of anilines is 1.